The highest BCUT2D eigenvalue weighted by Crippen LogP contribution is 2.34. The molecule has 0 atom stereocenters. The molecule has 0 amide bonds. The number of aryl methyl sites for hydroxylation is 1. The number of esters is 6. The predicted molar refractivity (Wildman–Crippen MR) is 540 cm³/mol. The zero-order valence-corrected chi connectivity index (χ0v) is 84.7. The number of methoxy groups -OCH3 is 4. The van der Waals surface area contributed by atoms with Crippen LogP contribution in [-0.4, -0.2) is 203 Å². The highest BCUT2D eigenvalue weighted by molar-refractivity contribution is 6.32. The number of ether oxygens (including phenoxy) is 12. The molecule has 0 aliphatic heterocycles. The molecule has 42 heteroatoms. The van der Waals surface area contributed by atoms with Gasteiger partial charge >= 0.3 is 35.8 Å². The smallest absolute Gasteiger partial charge is 0.332 e. The van der Waals surface area contributed by atoms with Crippen molar-refractivity contribution in [2.75, 3.05) is 40.8 Å². The van der Waals surface area contributed by atoms with Crippen molar-refractivity contribution in [3.8, 4) is 109 Å². The van der Waals surface area contributed by atoms with E-state index < -0.39 is 35.8 Å². The summed E-state index contributed by atoms with van der Waals surface area (Å²) in [6.07, 6.45) is 24.7. The van der Waals surface area contributed by atoms with Gasteiger partial charge in [-0.2, -0.15) is 0 Å². The molecule has 6 aromatic heterocycles. The highest BCUT2D eigenvalue weighted by Gasteiger charge is 2.17. The highest BCUT2D eigenvalue weighted by atomic mass is 35.5. The fourth-order valence-electron chi connectivity index (χ4n) is 11.4. The second-order valence-corrected chi connectivity index (χ2v) is 33.6. The molecular weight excluding hydrogens is 1920 g/mol. The molecule has 742 valence electrons. The molecule has 13 rings (SSSR count). The summed E-state index contributed by atoms with van der Waals surface area (Å²) in [6, 6.07) is 39.3. The molecule has 0 saturated carbocycles. The first-order valence-electron chi connectivity index (χ1n) is 43.4. The molecule has 0 bridgehead atoms. The Bertz CT molecular complexity index is 6200. The van der Waals surface area contributed by atoms with Crippen molar-refractivity contribution in [3.05, 3.63) is 239 Å². The lowest BCUT2D eigenvalue weighted by molar-refractivity contribution is -0.142. The molecule has 1 N–H and O–H groups in total. The summed E-state index contributed by atoms with van der Waals surface area (Å²) < 4.78 is 71.0. The van der Waals surface area contributed by atoms with Gasteiger partial charge in [0.25, 0.3) is 0 Å². The van der Waals surface area contributed by atoms with Gasteiger partial charge in [0.2, 0.25) is 0 Å². The van der Waals surface area contributed by atoms with Crippen molar-refractivity contribution in [2.24, 2.45) is 0 Å². The van der Waals surface area contributed by atoms with Crippen LogP contribution < -0.4 is 33.7 Å². The lowest BCUT2D eigenvalue weighted by Gasteiger charge is -2.10. The van der Waals surface area contributed by atoms with Crippen LogP contribution in [0.5, 0.6) is 40.2 Å². The van der Waals surface area contributed by atoms with Crippen molar-refractivity contribution in [1.82, 2.24) is 88.6 Å². The van der Waals surface area contributed by atoms with Crippen LogP contribution in [0, 0.1) is 6.92 Å². The molecule has 13 aromatic rings. The van der Waals surface area contributed by atoms with E-state index in [2.05, 4.69) is 65.8 Å². The first-order chi connectivity index (χ1) is 67.1. The van der Waals surface area contributed by atoms with Gasteiger partial charge in [-0.1, -0.05) is 58.0 Å². The number of aromatic nitrogens is 18. The van der Waals surface area contributed by atoms with Crippen LogP contribution in [0.15, 0.2) is 208 Å². The van der Waals surface area contributed by atoms with Crippen molar-refractivity contribution in [2.45, 2.75) is 147 Å². The number of hydrogen-bond acceptors (Lipinski definition) is 31. The topological polar surface area (TPSA) is 409 Å². The first-order valence-corrected chi connectivity index (χ1v) is 45.3. The number of benzene rings is 7. The third-order valence-corrected chi connectivity index (χ3v) is 18.1. The average molecular weight is 2030 g/mol. The van der Waals surface area contributed by atoms with Crippen LogP contribution in [0.1, 0.15) is 102 Å². The summed E-state index contributed by atoms with van der Waals surface area (Å²) >= 11 is 30.3. The Labute approximate surface area is 840 Å². The molecule has 141 heavy (non-hydrogen) atoms. The fourth-order valence-corrected chi connectivity index (χ4v) is 12.4. The maximum atomic E-state index is 11.6. The van der Waals surface area contributed by atoms with Gasteiger partial charge in [0, 0.05) is 151 Å². The fraction of sp³-hybridized carbons (Fsp3) is 0.273. The number of rotatable bonds is 33. The van der Waals surface area contributed by atoms with E-state index in [-0.39, 0.29) is 42.7 Å². The van der Waals surface area contributed by atoms with Crippen molar-refractivity contribution in [3.63, 3.8) is 0 Å². The number of halogens is 5. The van der Waals surface area contributed by atoms with E-state index in [1.165, 1.54) is 140 Å². The Hall–Kier alpha value is -15.3. The average Bonchev–Trinajstić information content (AvgIpc) is 1.80. The Balaban J connectivity index is 0.000000208. The Kier molecular flexibility index (Phi) is 44.0. The van der Waals surface area contributed by atoms with E-state index in [0.717, 1.165) is 44.8 Å². The molecule has 0 fully saturated rings. The van der Waals surface area contributed by atoms with Gasteiger partial charge in [0.05, 0.1) is 71.2 Å². The van der Waals surface area contributed by atoms with Gasteiger partial charge in [-0.15, -0.1) is 30.6 Å². The summed E-state index contributed by atoms with van der Waals surface area (Å²) in [5, 5.41) is 31.5. The van der Waals surface area contributed by atoms with Crippen LogP contribution in [0.2, 0.25) is 25.1 Å². The first kappa shape index (κ1) is 111. The number of carbonyl (C=O) groups is 6. The summed E-state index contributed by atoms with van der Waals surface area (Å²) in [7, 11) is 8.14. The zero-order valence-electron chi connectivity index (χ0n) is 80.9. The third kappa shape index (κ3) is 40.0. The van der Waals surface area contributed by atoms with Crippen molar-refractivity contribution >= 4 is 137 Å². The SMILES string of the molecule is CC(C)OC(=O)/C=C\n1cnc(-c2cc(Cl)cc(OC(C)C)c2)n1.CC(C)OC(=O)/C=C\n1cnc(-c2cc(Cl)cc(Oc3ccc(Cl)cc3)c2)n1.CNc1cc(Cl)cc(-c2ncn(/C=C\C(=O)OC(C)C)n2)c1.COc1cc(C)cc(-c2ncn(/C=C\C(=O)OC(C)C)n2)c1.COc1cc(Cl)cc(-c2ncn(/C=C\C(=O)OC(C)C)n2)c1.COc1cc(OC)cc(-c2ncn(/C=C\C(=O)OC(C)C)n2)c1. The molecule has 37 nitrogen and oxygen atoms in total. The Morgan fingerprint density at radius 3 is 0.801 bits per heavy atom. The van der Waals surface area contributed by atoms with Gasteiger partial charge in [-0.3, -0.25) is 0 Å². The molecule has 0 aliphatic rings. The minimum absolute atomic E-state index is 0.0386. The van der Waals surface area contributed by atoms with Gasteiger partial charge in [-0.05, 0) is 237 Å². The van der Waals surface area contributed by atoms with Crippen molar-refractivity contribution in [1.29, 1.82) is 0 Å². The van der Waals surface area contributed by atoms with Crippen LogP contribution in [0.25, 0.3) is 106 Å². The lowest BCUT2D eigenvalue weighted by Crippen LogP contribution is -2.08. The largest absolute Gasteiger partial charge is 0.497 e. The third-order valence-electron chi connectivity index (χ3n) is 17.0. The number of carbonyl (C=O) groups excluding carboxylic acids is 6. The van der Waals surface area contributed by atoms with Crippen LogP contribution in [0.4, 0.5) is 5.69 Å². The maximum Gasteiger partial charge on any atom is 0.332 e. The van der Waals surface area contributed by atoms with Crippen molar-refractivity contribution < 1.29 is 85.6 Å². The van der Waals surface area contributed by atoms with Gasteiger partial charge in [0.1, 0.15) is 78.2 Å². The van der Waals surface area contributed by atoms with Gasteiger partial charge < -0.3 is 62.2 Å². The quantitative estimate of drug-likeness (QED) is 0.0227. The number of nitrogens with zero attached hydrogens (tertiary/aromatic N) is 18. The predicted octanol–water partition coefficient (Wildman–Crippen LogP) is 20.4. The summed E-state index contributed by atoms with van der Waals surface area (Å²) in [5.41, 5.74) is 6.45. The number of anilines is 1. The molecular formula is C99H108Cl5N19O18. The van der Waals surface area contributed by atoms with E-state index in [9.17, 15) is 28.8 Å². The lowest BCUT2D eigenvalue weighted by atomic mass is 10.1. The number of nitrogens with one attached hydrogen (secondary N) is 1. The van der Waals surface area contributed by atoms with Crippen LogP contribution in [0.3, 0.4) is 0 Å². The van der Waals surface area contributed by atoms with E-state index in [1.807, 2.05) is 64.2 Å². The Morgan fingerprint density at radius 2 is 0.518 bits per heavy atom. The molecule has 7 aromatic carbocycles. The Morgan fingerprint density at radius 1 is 0.277 bits per heavy atom. The normalized spacial score (nSPS) is 11.2. The standard InChI is InChI=1S/C20H17Cl2N3O3.C17H20ClN3O3.C16H19N3O4.C16H19N3O3.C15H17ClN4O2.C15H16ClN3O3/c1-13(2)27-19(26)7-8-25-12-23-20(24-25)14-9-16(22)11-18(10-14)28-17-5-3-15(21)4-6-17;1-11(2)23-15-8-13(7-14(18)9-15)17-19-10-21(20-17)6-5-16(22)24-12(3)4;1-11(2)23-15(20)5-6-19-10-17-16(18-19)12-7-13(21-3)9-14(8-12)22-4;1-11(2)22-15(20)5-6-19-10-17-16(18-19)13-7-12(3)8-14(9-13)21-4;1-10(2)22-14(21)4-5-20-9-18-15(19-20)11-6-12(16)8-13(7-11)17-3;1-10(2)22-14(20)4-5-19-9-17-15(18-19)11-6-12(16)8-13(7-11)21-3/h3-13H,1-2H3;5-12H,1-4H3;5-11H,1-4H3;5-11H,1-4H3;4-10,17H,1-3H3;4-10H,1-3H3/b8-7-;3*6-5-;2*5-4-. The maximum absolute atomic E-state index is 11.6. The minimum atomic E-state index is -0.451. The van der Waals surface area contributed by atoms with E-state index in [4.69, 9.17) is 115 Å². The summed E-state index contributed by atoms with van der Waals surface area (Å²) in [4.78, 5) is 94.1. The molecule has 0 unspecified atom stereocenters. The molecule has 0 saturated heterocycles. The van der Waals surface area contributed by atoms with Gasteiger partial charge in [0.15, 0.2) is 34.9 Å². The van der Waals surface area contributed by atoms with Crippen LogP contribution >= 0.6 is 58.0 Å². The van der Waals surface area contributed by atoms with E-state index in [0.29, 0.717) is 100 Å². The number of hydrogen-bond donors (Lipinski definition) is 1. The molecule has 0 aliphatic carbocycles. The molecule has 6 heterocycles. The minimum Gasteiger partial charge on any atom is -0.497 e. The van der Waals surface area contributed by atoms with Gasteiger partial charge in [-0.25, -0.2) is 86.8 Å². The molecule has 0 spiro atoms. The van der Waals surface area contributed by atoms with E-state index in [1.54, 1.807) is 209 Å². The van der Waals surface area contributed by atoms with Crippen LogP contribution in [-0.2, 0) is 57.2 Å². The second-order valence-electron chi connectivity index (χ2n) is 31.4. The second kappa shape index (κ2) is 55.9. The van der Waals surface area contributed by atoms with E-state index >= 15 is 0 Å². The zero-order chi connectivity index (χ0) is 103. The summed E-state index contributed by atoms with van der Waals surface area (Å²) in [6.45, 7) is 27.3. The summed E-state index contributed by atoms with van der Waals surface area (Å²) in [5.74, 6) is 4.85. The monoisotopic (exact) mass is 2030 g/mol. The molecule has 0 radical (unpaired) electrons.